The van der Waals surface area contributed by atoms with Crippen molar-refractivity contribution in [3.05, 3.63) is 73.1 Å². The Morgan fingerprint density at radius 3 is 1.10 bits per heavy atom. The molecular formula is C32H32N2O6. The highest BCUT2D eigenvalue weighted by atomic mass is 16.5. The molecule has 8 heteroatoms. The van der Waals surface area contributed by atoms with Gasteiger partial charge in [0.15, 0.2) is 23.0 Å². The van der Waals surface area contributed by atoms with E-state index in [4.69, 9.17) is 28.4 Å². The SMILES string of the molecule is COc1cc(-c2c[nH]c(-c3cccc(-c4cc(-c5cc(OC)c(OC)c(OC)c5)c[nH]4)c3)c2)cc(OC)c1OC. The first kappa shape index (κ1) is 26.6. The van der Waals surface area contributed by atoms with E-state index < -0.39 is 0 Å². The van der Waals surface area contributed by atoms with Crippen molar-refractivity contribution in [2.24, 2.45) is 0 Å². The van der Waals surface area contributed by atoms with Crippen molar-refractivity contribution in [3.63, 3.8) is 0 Å². The molecule has 0 unspecified atom stereocenters. The first-order valence-corrected chi connectivity index (χ1v) is 12.6. The minimum absolute atomic E-state index is 0.564. The number of aromatic nitrogens is 2. The minimum Gasteiger partial charge on any atom is -0.493 e. The van der Waals surface area contributed by atoms with Crippen LogP contribution in [-0.2, 0) is 0 Å². The number of benzene rings is 3. The summed E-state index contributed by atoms with van der Waals surface area (Å²) in [4.78, 5) is 6.81. The lowest BCUT2D eigenvalue weighted by Crippen LogP contribution is -1.95. The molecule has 8 nitrogen and oxygen atoms in total. The largest absolute Gasteiger partial charge is 0.493 e. The summed E-state index contributed by atoms with van der Waals surface area (Å²) in [6.45, 7) is 0. The minimum atomic E-state index is 0.564. The van der Waals surface area contributed by atoms with Gasteiger partial charge < -0.3 is 38.4 Å². The number of hydrogen-bond donors (Lipinski definition) is 2. The van der Waals surface area contributed by atoms with Crippen LogP contribution in [0.5, 0.6) is 34.5 Å². The van der Waals surface area contributed by atoms with Gasteiger partial charge in [0.05, 0.1) is 42.7 Å². The zero-order valence-corrected chi connectivity index (χ0v) is 23.4. The molecule has 5 aromatic rings. The Kier molecular flexibility index (Phi) is 7.59. The molecule has 0 saturated carbocycles. The van der Waals surface area contributed by atoms with Crippen LogP contribution in [0.2, 0.25) is 0 Å². The number of nitrogens with one attached hydrogen (secondary N) is 2. The van der Waals surface area contributed by atoms with E-state index >= 15 is 0 Å². The fourth-order valence-electron chi connectivity index (χ4n) is 4.81. The fourth-order valence-corrected chi connectivity index (χ4v) is 4.81. The maximum atomic E-state index is 5.53. The second kappa shape index (κ2) is 11.4. The first-order chi connectivity index (χ1) is 19.5. The zero-order valence-electron chi connectivity index (χ0n) is 23.4. The quantitative estimate of drug-likeness (QED) is 0.197. The third-order valence-electron chi connectivity index (χ3n) is 6.85. The van der Waals surface area contributed by atoms with Crippen molar-refractivity contribution < 1.29 is 28.4 Å². The number of rotatable bonds is 10. The fraction of sp³-hybridized carbons (Fsp3) is 0.188. The third kappa shape index (κ3) is 4.91. The molecule has 0 aliphatic heterocycles. The summed E-state index contributed by atoms with van der Waals surface area (Å²) in [6, 6.07) is 20.3. The molecule has 0 saturated heterocycles. The molecule has 5 rings (SSSR count). The maximum Gasteiger partial charge on any atom is 0.203 e. The Balaban J connectivity index is 1.45. The summed E-state index contributed by atoms with van der Waals surface area (Å²) in [5.41, 5.74) is 8.00. The van der Waals surface area contributed by atoms with Gasteiger partial charge in [-0.15, -0.1) is 0 Å². The molecule has 3 aromatic carbocycles. The van der Waals surface area contributed by atoms with Crippen molar-refractivity contribution >= 4 is 0 Å². The molecule has 0 radical (unpaired) electrons. The van der Waals surface area contributed by atoms with Crippen LogP contribution in [0.3, 0.4) is 0 Å². The predicted molar refractivity (Wildman–Crippen MR) is 156 cm³/mol. The summed E-state index contributed by atoms with van der Waals surface area (Å²) >= 11 is 0. The second-order valence-corrected chi connectivity index (χ2v) is 9.01. The lowest BCUT2D eigenvalue weighted by Gasteiger charge is -2.13. The molecule has 40 heavy (non-hydrogen) atoms. The van der Waals surface area contributed by atoms with E-state index in [0.717, 1.165) is 44.8 Å². The lowest BCUT2D eigenvalue weighted by molar-refractivity contribution is 0.324. The van der Waals surface area contributed by atoms with Crippen LogP contribution in [0.4, 0.5) is 0 Å². The Hall–Kier alpha value is -4.98. The van der Waals surface area contributed by atoms with Gasteiger partial charge in [-0.1, -0.05) is 18.2 Å². The van der Waals surface area contributed by atoms with E-state index in [0.29, 0.717) is 34.5 Å². The van der Waals surface area contributed by atoms with Crippen molar-refractivity contribution in [3.8, 4) is 79.3 Å². The topological polar surface area (TPSA) is 87.0 Å². The smallest absolute Gasteiger partial charge is 0.203 e. The van der Waals surface area contributed by atoms with Crippen LogP contribution in [0.15, 0.2) is 73.1 Å². The van der Waals surface area contributed by atoms with E-state index in [2.05, 4.69) is 40.3 Å². The molecule has 2 N–H and O–H groups in total. The highest BCUT2D eigenvalue weighted by molar-refractivity contribution is 5.79. The number of aromatic amines is 2. The Labute approximate surface area is 233 Å². The zero-order chi connectivity index (χ0) is 28.2. The van der Waals surface area contributed by atoms with Gasteiger partial charge in [0.25, 0.3) is 0 Å². The van der Waals surface area contributed by atoms with Gasteiger partial charge in [0.1, 0.15) is 0 Å². The Morgan fingerprint density at radius 2 is 0.775 bits per heavy atom. The number of ether oxygens (including phenoxy) is 6. The van der Waals surface area contributed by atoms with Gasteiger partial charge in [-0.25, -0.2) is 0 Å². The van der Waals surface area contributed by atoms with Crippen molar-refractivity contribution in [2.75, 3.05) is 42.7 Å². The van der Waals surface area contributed by atoms with Crippen LogP contribution in [0, 0.1) is 0 Å². The van der Waals surface area contributed by atoms with Gasteiger partial charge in [0, 0.05) is 34.9 Å². The highest BCUT2D eigenvalue weighted by Crippen LogP contribution is 2.43. The number of H-pyrrole nitrogens is 2. The monoisotopic (exact) mass is 540 g/mol. The summed E-state index contributed by atoms with van der Waals surface area (Å²) in [6.07, 6.45) is 3.94. The van der Waals surface area contributed by atoms with Crippen molar-refractivity contribution in [1.29, 1.82) is 0 Å². The van der Waals surface area contributed by atoms with Gasteiger partial charge in [-0.05, 0) is 64.7 Å². The maximum absolute atomic E-state index is 5.53. The molecule has 0 spiro atoms. The van der Waals surface area contributed by atoms with Crippen LogP contribution >= 0.6 is 0 Å². The van der Waals surface area contributed by atoms with E-state index in [1.807, 2.05) is 42.7 Å². The average Bonchev–Trinajstić information content (AvgIpc) is 3.70. The molecule has 0 aliphatic rings. The summed E-state index contributed by atoms with van der Waals surface area (Å²) in [5, 5.41) is 0. The molecule has 2 heterocycles. The van der Waals surface area contributed by atoms with Gasteiger partial charge in [-0.3, -0.25) is 0 Å². The molecule has 0 aliphatic carbocycles. The van der Waals surface area contributed by atoms with E-state index in [1.165, 1.54) is 0 Å². The van der Waals surface area contributed by atoms with Crippen LogP contribution < -0.4 is 28.4 Å². The Morgan fingerprint density at radius 1 is 0.400 bits per heavy atom. The summed E-state index contributed by atoms with van der Waals surface area (Å²) < 4.78 is 33.0. The lowest BCUT2D eigenvalue weighted by atomic mass is 10.0. The normalized spacial score (nSPS) is 10.8. The van der Waals surface area contributed by atoms with E-state index in [1.54, 1.807) is 42.7 Å². The molecule has 0 atom stereocenters. The standard InChI is InChI=1S/C32H32N2O6/c1-35-27-13-21(14-28(36-2)31(27)39-5)23-11-25(33-17-23)19-8-7-9-20(10-19)26-12-24(18-34-26)22-15-29(37-3)32(40-6)30(16-22)38-4/h7-18,33-34H,1-6H3. The molecule has 0 amide bonds. The van der Waals surface area contributed by atoms with Gasteiger partial charge >= 0.3 is 0 Å². The molecular weight excluding hydrogens is 508 g/mol. The van der Waals surface area contributed by atoms with Crippen LogP contribution in [0.1, 0.15) is 0 Å². The van der Waals surface area contributed by atoms with Crippen molar-refractivity contribution in [1.82, 2.24) is 9.97 Å². The van der Waals surface area contributed by atoms with Gasteiger partial charge in [-0.2, -0.15) is 0 Å². The summed E-state index contributed by atoms with van der Waals surface area (Å²) in [5.74, 6) is 3.56. The molecule has 206 valence electrons. The highest BCUT2D eigenvalue weighted by Gasteiger charge is 2.17. The number of methoxy groups -OCH3 is 6. The molecule has 0 fully saturated rings. The van der Waals surface area contributed by atoms with Crippen LogP contribution in [0.25, 0.3) is 44.8 Å². The average molecular weight is 541 g/mol. The van der Waals surface area contributed by atoms with Crippen LogP contribution in [-0.4, -0.2) is 52.6 Å². The van der Waals surface area contributed by atoms with Gasteiger partial charge in [0.2, 0.25) is 11.5 Å². The molecule has 0 bridgehead atoms. The second-order valence-electron chi connectivity index (χ2n) is 9.01. The Bertz CT molecular complexity index is 1470. The summed E-state index contributed by atoms with van der Waals surface area (Å²) in [7, 11) is 9.65. The predicted octanol–water partition coefficient (Wildman–Crippen LogP) is 7.06. The van der Waals surface area contributed by atoms with Crippen molar-refractivity contribution in [2.45, 2.75) is 0 Å². The third-order valence-corrected chi connectivity index (χ3v) is 6.85. The van der Waals surface area contributed by atoms with E-state index in [9.17, 15) is 0 Å². The van der Waals surface area contributed by atoms with E-state index in [-0.39, 0.29) is 0 Å². The number of hydrogen-bond acceptors (Lipinski definition) is 6. The first-order valence-electron chi connectivity index (χ1n) is 12.6. The molecule has 2 aromatic heterocycles.